The molecular weight excluding hydrogens is 182 g/mol. The molecule has 15 heavy (non-hydrogen) atoms. The zero-order valence-electron chi connectivity index (χ0n) is 9.55. The third kappa shape index (κ3) is 1.58. The van der Waals surface area contributed by atoms with Crippen LogP contribution in [0.25, 0.3) is 0 Å². The van der Waals surface area contributed by atoms with E-state index in [2.05, 4.69) is 18.1 Å². The maximum atomic E-state index is 4.67. The Morgan fingerprint density at radius 1 is 1.13 bits per heavy atom. The lowest BCUT2D eigenvalue weighted by atomic mass is 9.80. The van der Waals surface area contributed by atoms with Crippen LogP contribution < -0.4 is 0 Å². The molecule has 1 atom stereocenters. The van der Waals surface area contributed by atoms with Crippen molar-refractivity contribution in [2.75, 3.05) is 0 Å². The van der Waals surface area contributed by atoms with Crippen molar-refractivity contribution in [2.45, 2.75) is 51.9 Å². The molecule has 1 heterocycles. The average molecular weight is 201 g/mol. The molecule has 0 aliphatic heterocycles. The summed E-state index contributed by atoms with van der Waals surface area (Å²) < 4.78 is 0. The molecule has 0 bridgehead atoms. The maximum Gasteiger partial charge on any atom is 0.0438 e. The molecule has 1 aromatic rings. The van der Waals surface area contributed by atoms with E-state index in [1.807, 2.05) is 0 Å². The number of fused-ring (bicyclic) bond motifs is 3. The highest BCUT2D eigenvalue weighted by Gasteiger charge is 2.22. The van der Waals surface area contributed by atoms with E-state index < -0.39 is 0 Å². The zero-order chi connectivity index (χ0) is 10.3. The minimum absolute atomic E-state index is 0.862. The Bertz CT molecular complexity index is 381. The standard InChI is InChI=1S/C14H19N/c1-10-6-7-12-11(8-10)9-15-14-5-3-2-4-13(12)14/h9-10H,2-8H2,1H3. The number of aromatic nitrogens is 1. The van der Waals surface area contributed by atoms with Crippen LogP contribution in [-0.2, 0) is 25.7 Å². The topological polar surface area (TPSA) is 12.9 Å². The van der Waals surface area contributed by atoms with Gasteiger partial charge in [0.15, 0.2) is 0 Å². The first-order valence-corrected chi connectivity index (χ1v) is 6.33. The van der Waals surface area contributed by atoms with Crippen LogP contribution in [0.2, 0.25) is 0 Å². The van der Waals surface area contributed by atoms with Gasteiger partial charge in [0.25, 0.3) is 0 Å². The van der Waals surface area contributed by atoms with Crippen molar-refractivity contribution in [1.29, 1.82) is 0 Å². The Morgan fingerprint density at radius 2 is 2.00 bits per heavy atom. The van der Waals surface area contributed by atoms with Crippen LogP contribution in [0.4, 0.5) is 0 Å². The Kier molecular flexibility index (Phi) is 2.27. The van der Waals surface area contributed by atoms with Gasteiger partial charge in [-0.2, -0.15) is 0 Å². The molecule has 0 saturated carbocycles. The summed E-state index contributed by atoms with van der Waals surface area (Å²) in [5.41, 5.74) is 6.27. The zero-order valence-corrected chi connectivity index (χ0v) is 9.55. The predicted octanol–water partition coefficient (Wildman–Crippen LogP) is 3.09. The molecule has 3 rings (SSSR count). The van der Waals surface area contributed by atoms with Crippen molar-refractivity contribution in [1.82, 2.24) is 4.98 Å². The quantitative estimate of drug-likeness (QED) is 0.628. The highest BCUT2D eigenvalue weighted by atomic mass is 14.7. The Balaban J connectivity index is 2.07. The molecule has 80 valence electrons. The van der Waals surface area contributed by atoms with E-state index in [9.17, 15) is 0 Å². The van der Waals surface area contributed by atoms with Gasteiger partial charge in [0.05, 0.1) is 0 Å². The second-order valence-corrected chi connectivity index (χ2v) is 5.24. The summed E-state index contributed by atoms with van der Waals surface area (Å²) in [5.74, 6) is 0.862. The largest absolute Gasteiger partial charge is 0.261 e. The molecule has 0 fully saturated rings. The lowest BCUT2D eigenvalue weighted by Crippen LogP contribution is -2.17. The molecule has 1 aromatic heterocycles. The van der Waals surface area contributed by atoms with Gasteiger partial charge in [0, 0.05) is 11.9 Å². The first kappa shape index (κ1) is 9.38. The highest BCUT2D eigenvalue weighted by molar-refractivity contribution is 5.39. The highest BCUT2D eigenvalue weighted by Crippen LogP contribution is 2.31. The van der Waals surface area contributed by atoms with Crippen LogP contribution in [0, 0.1) is 5.92 Å². The monoisotopic (exact) mass is 201 g/mol. The van der Waals surface area contributed by atoms with E-state index in [4.69, 9.17) is 0 Å². The molecular formula is C14H19N. The van der Waals surface area contributed by atoms with Gasteiger partial charge in [0.1, 0.15) is 0 Å². The van der Waals surface area contributed by atoms with Gasteiger partial charge in [-0.25, -0.2) is 0 Å². The van der Waals surface area contributed by atoms with E-state index >= 15 is 0 Å². The van der Waals surface area contributed by atoms with Gasteiger partial charge in [-0.15, -0.1) is 0 Å². The van der Waals surface area contributed by atoms with Crippen molar-refractivity contribution in [2.24, 2.45) is 5.92 Å². The third-order valence-corrected chi connectivity index (χ3v) is 4.02. The Labute approximate surface area is 91.9 Å². The predicted molar refractivity (Wildman–Crippen MR) is 62.1 cm³/mol. The molecule has 2 aliphatic rings. The summed E-state index contributed by atoms with van der Waals surface area (Å²) in [6, 6.07) is 0. The van der Waals surface area contributed by atoms with Gasteiger partial charge in [0.2, 0.25) is 0 Å². The van der Waals surface area contributed by atoms with Crippen molar-refractivity contribution in [3.8, 4) is 0 Å². The molecule has 0 amide bonds. The third-order valence-electron chi connectivity index (χ3n) is 4.02. The van der Waals surface area contributed by atoms with Gasteiger partial charge in [-0.3, -0.25) is 4.98 Å². The molecule has 1 heteroatoms. The van der Waals surface area contributed by atoms with Gasteiger partial charge in [-0.1, -0.05) is 6.92 Å². The van der Waals surface area contributed by atoms with Crippen LogP contribution in [0.5, 0.6) is 0 Å². The van der Waals surface area contributed by atoms with E-state index in [-0.39, 0.29) is 0 Å². The molecule has 1 unspecified atom stereocenters. The van der Waals surface area contributed by atoms with Gasteiger partial charge >= 0.3 is 0 Å². The summed E-state index contributed by atoms with van der Waals surface area (Å²) in [4.78, 5) is 4.67. The second-order valence-electron chi connectivity index (χ2n) is 5.24. The van der Waals surface area contributed by atoms with E-state index in [1.165, 1.54) is 50.6 Å². The van der Waals surface area contributed by atoms with Crippen LogP contribution in [0.3, 0.4) is 0 Å². The number of aryl methyl sites for hydroxylation is 1. The van der Waals surface area contributed by atoms with Gasteiger partial charge < -0.3 is 0 Å². The van der Waals surface area contributed by atoms with Crippen LogP contribution in [0.15, 0.2) is 6.20 Å². The number of hydrogen-bond acceptors (Lipinski definition) is 1. The first-order chi connectivity index (χ1) is 7.34. The minimum Gasteiger partial charge on any atom is -0.261 e. The van der Waals surface area contributed by atoms with E-state index in [0.29, 0.717) is 0 Å². The molecule has 2 aliphatic carbocycles. The first-order valence-electron chi connectivity index (χ1n) is 6.33. The second kappa shape index (κ2) is 3.62. The minimum atomic E-state index is 0.862. The van der Waals surface area contributed by atoms with Crippen LogP contribution >= 0.6 is 0 Å². The smallest absolute Gasteiger partial charge is 0.0438 e. The Morgan fingerprint density at radius 3 is 2.93 bits per heavy atom. The lowest BCUT2D eigenvalue weighted by molar-refractivity contribution is 0.493. The summed E-state index contributed by atoms with van der Waals surface area (Å²) in [7, 11) is 0. The van der Waals surface area contributed by atoms with E-state index in [1.54, 1.807) is 16.7 Å². The fourth-order valence-electron chi connectivity index (χ4n) is 3.14. The summed E-state index contributed by atoms with van der Waals surface area (Å²) in [5, 5.41) is 0. The van der Waals surface area contributed by atoms with Crippen LogP contribution in [-0.4, -0.2) is 4.98 Å². The molecule has 1 nitrogen and oxygen atoms in total. The average Bonchev–Trinajstić information content (AvgIpc) is 2.28. The fraction of sp³-hybridized carbons (Fsp3) is 0.643. The van der Waals surface area contributed by atoms with Crippen molar-refractivity contribution < 1.29 is 0 Å². The summed E-state index contributed by atoms with van der Waals surface area (Å²) in [6.07, 6.45) is 11.3. The Hall–Kier alpha value is -0.850. The van der Waals surface area contributed by atoms with Crippen molar-refractivity contribution >= 4 is 0 Å². The molecule has 0 aromatic carbocycles. The number of nitrogens with zero attached hydrogens (tertiary/aromatic N) is 1. The lowest BCUT2D eigenvalue weighted by Gasteiger charge is -2.27. The van der Waals surface area contributed by atoms with Crippen molar-refractivity contribution in [3.63, 3.8) is 0 Å². The van der Waals surface area contributed by atoms with Crippen molar-refractivity contribution in [3.05, 3.63) is 28.6 Å². The fourth-order valence-corrected chi connectivity index (χ4v) is 3.14. The molecule has 0 radical (unpaired) electrons. The van der Waals surface area contributed by atoms with Gasteiger partial charge in [-0.05, 0) is 67.6 Å². The number of rotatable bonds is 0. The normalized spacial score (nSPS) is 24.5. The summed E-state index contributed by atoms with van der Waals surface area (Å²) in [6.45, 7) is 2.36. The van der Waals surface area contributed by atoms with Crippen LogP contribution in [0.1, 0.15) is 48.6 Å². The van der Waals surface area contributed by atoms with E-state index in [0.717, 1.165) is 5.92 Å². The molecule has 0 spiro atoms. The summed E-state index contributed by atoms with van der Waals surface area (Å²) >= 11 is 0. The SMILES string of the molecule is CC1CCc2c(cnc3c2CCCC3)C1. The number of pyridine rings is 1. The maximum absolute atomic E-state index is 4.67. The molecule has 0 N–H and O–H groups in total. The number of hydrogen-bond donors (Lipinski definition) is 0. The molecule has 0 saturated heterocycles.